The summed E-state index contributed by atoms with van der Waals surface area (Å²) in [5.41, 5.74) is 0. The highest BCUT2D eigenvalue weighted by atomic mass is 16.2. The Morgan fingerprint density at radius 3 is 1.48 bits per heavy atom. The molecule has 3 N–H and O–H groups in total. The van der Waals surface area contributed by atoms with Gasteiger partial charge in [0.05, 0.1) is 0 Å². The summed E-state index contributed by atoms with van der Waals surface area (Å²) in [5, 5.41) is 9.28. The van der Waals surface area contributed by atoms with Crippen molar-refractivity contribution in [1.82, 2.24) is 16.0 Å². The molecule has 0 radical (unpaired) electrons. The molecule has 0 spiro atoms. The van der Waals surface area contributed by atoms with E-state index in [4.69, 9.17) is 0 Å². The molecule has 0 aliphatic carbocycles. The van der Waals surface area contributed by atoms with Crippen molar-refractivity contribution in [2.45, 2.75) is 78.1 Å². The first-order valence-electron chi connectivity index (χ1n) is 10.7. The van der Waals surface area contributed by atoms with Crippen LogP contribution < -0.4 is 16.0 Å². The van der Waals surface area contributed by atoms with E-state index in [2.05, 4.69) is 40.3 Å². The van der Waals surface area contributed by atoms with Crippen molar-refractivity contribution in [1.29, 1.82) is 0 Å². The Kier molecular flexibility index (Phi) is 19.4. The largest absolute Gasteiger partial charge is 0.356 e. The number of carbonyl (C=O) groups excluding carboxylic acids is 2. The molecule has 0 atom stereocenters. The van der Waals surface area contributed by atoms with Crippen LogP contribution in [0.25, 0.3) is 0 Å². The number of rotatable bonds is 18. The summed E-state index contributed by atoms with van der Waals surface area (Å²) in [6, 6.07) is 0. The Morgan fingerprint density at radius 2 is 1.07 bits per heavy atom. The number of allylic oxidation sites excluding steroid dienone is 4. The molecule has 0 aromatic rings. The van der Waals surface area contributed by atoms with Gasteiger partial charge >= 0.3 is 0 Å². The van der Waals surface area contributed by atoms with Crippen LogP contribution in [0.1, 0.15) is 78.1 Å². The number of hydrogen-bond acceptors (Lipinski definition) is 3. The average Bonchev–Trinajstić information content (AvgIpc) is 2.66. The van der Waals surface area contributed by atoms with Crippen LogP contribution in [0, 0.1) is 0 Å². The van der Waals surface area contributed by atoms with Crippen LogP contribution in [-0.4, -0.2) is 38.0 Å². The summed E-state index contributed by atoms with van der Waals surface area (Å²) in [6.07, 6.45) is 17.7. The molecular formula is C22H41N3O2. The highest BCUT2D eigenvalue weighted by Gasteiger charge is 2.01. The summed E-state index contributed by atoms with van der Waals surface area (Å²) in [4.78, 5) is 23.3. The number of carbonyl (C=O) groups is 2. The zero-order valence-corrected chi connectivity index (χ0v) is 17.5. The molecule has 27 heavy (non-hydrogen) atoms. The molecule has 0 rings (SSSR count). The van der Waals surface area contributed by atoms with E-state index in [9.17, 15) is 9.59 Å². The van der Waals surface area contributed by atoms with Gasteiger partial charge in [0, 0.05) is 25.9 Å². The monoisotopic (exact) mass is 379 g/mol. The molecule has 2 amide bonds. The maximum absolute atomic E-state index is 11.6. The molecule has 0 saturated carbocycles. The van der Waals surface area contributed by atoms with Gasteiger partial charge in [-0.1, -0.05) is 24.3 Å². The second kappa shape index (κ2) is 20.7. The summed E-state index contributed by atoms with van der Waals surface area (Å²) in [7, 11) is 0. The molecule has 5 heteroatoms. The second-order valence-corrected chi connectivity index (χ2v) is 6.79. The Morgan fingerprint density at radius 1 is 0.630 bits per heavy atom. The normalized spacial score (nSPS) is 11.3. The topological polar surface area (TPSA) is 70.2 Å². The van der Waals surface area contributed by atoms with E-state index in [1.54, 1.807) is 0 Å². The maximum Gasteiger partial charge on any atom is 0.219 e. The van der Waals surface area contributed by atoms with Crippen molar-refractivity contribution in [3.63, 3.8) is 0 Å². The van der Waals surface area contributed by atoms with Gasteiger partial charge in [-0.15, -0.1) is 0 Å². The maximum atomic E-state index is 11.6. The van der Waals surface area contributed by atoms with E-state index in [-0.39, 0.29) is 11.8 Å². The van der Waals surface area contributed by atoms with Gasteiger partial charge in [0.1, 0.15) is 0 Å². The quantitative estimate of drug-likeness (QED) is 0.250. The Hall–Kier alpha value is -1.62. The van der Waals surface area contributed by atoms with E-state index >= 15 is 0 Å². The number of nitrogens with one attached hydrogen (secondary N) is 3. The lowest BCUT2D eigenvalue weighted by molar-refractivity contribution is -0.122. The van der Waals surface area contributed by atoms with Gasteiger partial charge in [0.2, 0.25) is 11.8 Å². The molecule has 0 bridgehead atoms. The smallest absolute Gasteiger partial charge is 0.219 e. The number of amides is 2. The van der Waals surface area contributed by atoms with Gasteiger partial charge in [-0.3, -0.25) is 9.59 Å². The first kappa shape index (κ1) is 25.4. The third-order valence-corrected chi connectivity index (χ3v) is 4.23. The van der Waals surface area contributed by atoms with Gasteiger partial charge in [0.25, 0.3) is 0 Å². The third kappa shape index (κ3) is 20.5. The van der Waals surface area contributed by atoms with Gasteiger partial charge < -0.3 is 16.0 Å². The fraction of sp³-hybridized carbons (Fsp3) is 0.727. The molecule has 0 aliphatic heterocycles. The van der Waals surface area contributed by atoms with Crippen LogP contribution in [-0.2, 0) is 9.59 Å². The molecule has 0 aromatic heterocycles. The lowest BCUT2D eigenvalue weighted by Gasteiger charge is -2.07. The Balaban J connectivity index is 3.28. The molecule has 0 aromatic carbocycles. The lowest BCUT2D eigenvalue weighted by Crippen LogP contribution is -2.29. The van der Waals surface area contributed by atoms with Gasteiger partial charge in [-0.25, -0.2) is 0 Å². The first-order chi connectivity index (χ1) is 13.2. The highest BCUT2D eigenvalue weighted by Crippen LogP contribution is 2.01. The number of unbranched alkanes of at least 4 members (excludes halogenated alkanes) is 4. The molecule has 156 valence electrons. The van der Waals surface area contributed by atoms with Gasteiger partial charge in [0.15, 0.2) is 0 Å². The van der Waals surface area contributed by atoms with Crippen molar-refractivity contribution >= 4 is 11.8 Å². The zero-order valence-electron chi connectivity index (χ0n) is 17.5. The molecule has 0 saturated heterocycles. The van der Waals surface area contributed by atoms with Crippen LogP contribution in [0.15, 0.2) is 24.3 Å². The van der Waals surface area contributed by atoms with E-state index in [1.165, 1.54) is 0 Å². The van der Waals surface area contributed by atoms with Crippen molar-refractivity contribution in [3.05, 3.63) is 24.3 Å². The van der Waals surface area contributed by atoms with E-state index in [0.29, 0.717) is 12.8 Å². The highest BCUT2D eigenvalue weighted by molar-refractivity contribution is 5.76. The van der Waals surface area contributed by atoms with Crippen LogP contribution in [0.4, 0.5) is 0 Å². The molecule has 0 unspecified atom stereocenters. The standard InChI is InChI=1S/C22H41N3O2/c1-3-5-7-9-11-15-21(26)24-19-13-17-23-18-14-20-25-22(27)16-12-10-8-6-4-2/h3-6,23H,7-20H2,1-2H3,(H,24,26)(H,25,27)/b5-3+,6-4+. The fourth-order valence-electron chi connectivity index (χ4n) is 2.61. The third-order valence-electron chi connectivity index (χ3n) is 4.23. The number of hydrogen-bond donors (Lipinski definition) is 3. The molecular weight excluding hydrogens is 338 g/mol. The van der Waals surface area contributed by atoms with E-state index in [1.807, 2.05) is 13.8 Å². The first-order valence-corrected chi connectivity index (χ1v) is 10.7. The Bertz CT molecular complexity index is 382. The van der Waals surface area contributed by atoms with E-state index < -0.39 is 0 Å². The van der Waals surface area contributed by atoms with Crippen LogP contribution in [0.5, 0.6) is 0 Å². The second-order valence-electron chi connectivity index (χ2n) is 6.79. The molecule has 0 fully saturated rings. The Labute approximate surface area is 166 Å². The average molecular weight is 380 g/mol. The minimum atomic E-state index is 0.156. The van der Waals surface area contributed by atoms with Crippen molar-refractivity contribution in [3.8, 4) is 0 Å². The van der Waals surface area contributed by atoms with Crippen molar-refractivity contribution < 1.29 is 9.59 Å². The van der Waals surface area contributed by atoms with Crippen molar-refractivity contribution in [2.24, 2.45) is 0 Å². The molecule has 0 aliphatic rings. The molecule has 0 heterocycles. The van der Waals surface area contributed by atoms with Crippen LogP contribution in [0.2, 0.25) is 0 Å². The minimum Gasteiger partial charge on any atom is -0.356 e. The van der Waals surface area contributed by atoms with Gasteiger partial charge in [-0.05, 0) is 78.3 Å². The summed E-state index contributed by atoms with van der Waals surface area (Å²) in [5.74, 6) is 0.313. The predicted octanol–water partition coefficient (Wildman–Crippen LogP) is 3.86. The zero-order chi connectivity index (χ0) is 20.0. The lowest BCUT2D eigenvalue weighted by atomic mass is 10.2. The van der Waals surface area contributed by atoms with Gasteiger partial charge in [-0.2, -0.15) is 0 Å². The summed E-state index contributed by atoms with van der Waals surface area (Å²) >= 11 is 0. The summed E-state index contributed by atoms with van der Waals surface area (Å²) < 4.78 is 0. The van der Waals surface area contributed by atoms with E-state index in [0.717, 1.165) is 77.5 Å². The molecule has 5 nitrogen and oxygen atoms in total. The fourth-order valence-corrected chi connectivity index (χ4v) is 2.61. The summed E-state index contributed by atoms with van der Waals surface area (Å²) in [6.45, 7) is 7.27. The van der Waals surface area contributed by atoms with Crippen LogP contribution >= 0.6 is 0 Å². The van der Waals surface area contributed by atoms with Crippen LogP contribution in [0.3, 0.4) is 0 Å². The minimum absolute atomic E-state index is 0.156. The predicted molar refractivity (Wildman–Crippen MR) is 115 cm³/mol. The van der Waals surface area contributed by atoms with Crippen molar-refractivity contribution in [2.75, 3.05) is 26.2 Å². The SMILES string of the molecule is C/C=C/CCCCC(=O)NCCCNCCCNC(=O)CCCC/C=C/C.